The summed E-state index contributed by atoms with van der Waals surface area (Å²) in [5.74, 6) is -0.745. The number of aromatic carboxylic acids is 1. The molecule has 0 unspecified atom stereocenters. The van der Waals surface area contributed by atoms with Crippen LogP contribution in [0.1, 0.15) is 17.3 Å². The molecule has 0 heterocycles. The lowest BCUT2D eigenvalue weighted by Gasteiger charge is -2.10. The highest BCUT2D eigenvalue weighted by molar-refractivity contribution is 5.99. The zero-order chi connectivity index (χ0) is 14.3. The van der Waals surface area contributed by atoms with Crippen LogP contribution in [0.4, 0.5) is 10.5 Å². The Morgan fingerprint density at radius 3 is 2.79 bits per heavy atom. The number of carboxylic acids is 1. The Labute approximate surface area is 110 Å². The van der Waals surface area contributed by atoms with Gasteiger partial charge in [0.15, 0.2) is 0 Å². The fourth-order valence-electron chi connectivity index (χ4n) is 1.35. The van der Waals surface area contributed by atoms with Crippen LogP contribution in [-0.4, -0.2) is 30.4 Å². The van der Waals surface area contributed by atoms with Gasteiger partial charge in [0.25, 0.3) is 0 Å². The molecule has 1 amide bonds. The van der Waals surface area contributed by atoms with Crippen molar-refractivity contribution in [1.82, 2.24) is 0 Å². The van der Waals surface area contributed by atoms with E-state index >= 15 is 0 Å². The highest BCUT2D eigenvalue weighted by Crippen LogP contribution is 2.22. The summed E-state index contributed by atoms with van der Waals surface area (Å²) in [5, 5.41) is 11.4. The van der Waals surface area contributed by atoms with Crippen LogP contribution in [0.15, 0.2) is 30.9 Å². The Morgan fingerprint density at radius 1 is 1.47 bits per heavy atom. The van der Waals surface area contributed by atoms with E-state index < -0.39 is 12.1 Å². The minimum Gasteiger partial charge on any atom is -0.494 e. The molecular weight excluding hydrogens is 250 g/mol. The lowest BCUT2D eigenvalue weighted by Crippen LogP contribution is -2.16. The smallest absolute Gasteiger partial charge is 0.411 e. The van der Waals surface area contributed by atoms with Crippen molar-refractivity contribution in [1.29, 1.82) is 0 Å². The molecule has 0 saturated carbocycles. The first kappa shape index (κ1) is 14.6. The van der Waals surface area contributed by atoms with Crippen molar-refractivity contribution in [2.45, 2.75) is 6.92 Å². The van der Waals surface area contributed by atoms with Gasteiger partial charge in [0.05, 0.1) is 17.9 Å². The van der Waals surface area contributed by atoms with Crippen LogP contribution in [-0.2, 0) is 4.74 Å². The van der Waals surface area contributed by atoms with Gasteiger partial charge in [-0.05, 0) is 25.1 Å². The maximum absolute atomic E-state index is 11.4. The molecule has 2 N–H and O–H groups in total. The van der Waals surface area contributed by atoms with Gasteiger partial charge in [-0.2, -0.15) is 0 Å². The molecule has 0 radical (unpaired) electrons. The summed E-state index contributed by atoms with van der Waals surface area (Å²) >= 11 is 0. The van der Waals surface area contributed by atoms with Crippen molar-refractivity contribution in [2.75, 3.05) is 18.5 Å². The second-order valence-corrected chi connectivity index (χ2v) is 3.46. The zero-order valence-electron chi connectivity index (χ0n) is 10.5. The first-order chi connectivity index (χ1) is 9.08. The van der Waals surface area contributed by atoms with Crippen molar-refractivity contribution in [2.24, 2.45) is 0 Å². The SMILES string of the molecule is C=CCOC(=O)Nc1ccc(OCC)cc1C(=O)O. The number of carbonyl (C=O) groups excluding carboxylic acids is 1. The van der Waals surface area contributed by atoms with Gasteiger partial charge < -0.3 is 14.6 Å². The zero-order valence-corrected chi connectivity index (χ0v) is 10.5. The molecule has 0 spiro atoms. The molecule has 102 valence electrons. The number of rotatable bonds is 6. The van der Waals surface area contributed by atoms with E-state index in [1.807, 2.05) is 0 Å². The Morgan fingerprint density at radius 2 is 2.21 bits per heavy atom. The predicted molar refractivity (Wildman–Crippen MR) is 69.7 cm³/mol. The molecule has 0 aromatic heterocycles. The van der Waals surface area contributed by atoms with E-state index in [1.165, 1.54) is 18.2 Å². The number of ether oxygens (including phenoxy) is 2. The quantitative estimate of drug-likeness (QED) is 0.772. The van der Waals surface area contributed by atoms with Crippen molar-refractivity contribution in [3.05, 3.63) is 36.4 Å². The van der Waals surface area contributed by atoms with E-state index in [0.717, 1.165) is 0 Å². The van der Waals surface area contributed by atoms with Gasteiger partial charge in [-0.1, -0.05) is 12.7 Å². The van der Waals surface area contributed by atoms with Crippen LogP contribution < -0.4 is 10.1 Å². The van der Waals surface area contributed by atoms with Crippen molar-refractivity contribution in [3.8, 4) is 5.75 Å². The molecule has 0 atom stereocenters. The molecule has 1 aromatic carbocycles. The molecule has 0 fully saturated rings. The number of hydrogen-bond acceptors (Lipinski definition) is 4. The van der Waals surface area contributed by atoms with E-state index in [4.69, 9.17) is 14.6 Å². The first-order valence-corrected chi connectivity index (χ1v) is 5.63. The highest BCUT2D eigenvalue weighted by atomic mass is 16.5. The molecule has 0 bridgehead atoms. The summed E-state index contributed by atoms with van der Waals surface area (Å²) in [6, 6.07) is 4.36. The number of benzene rings is 1. The summed E-state index contributed by atoms with van der Waals surface area (Å²) in [7, 11) is 0. The summed E-state index contributed by atoms with van der Waals surface area (Å²) in [5.41, 5.74) is 0.0755. The third kappa shape index (κ3) is 4.34. The number of amides is 1. The predicted octanol–water partition coefficient (Wildman–Crippen LogP) is 2.52. The summed E-state index contributed by atoms with van der Waals surface area (Å²) in [6.07, 6.45) is 0.669. The van der Waals surface area contributed by atoms with Crippen LogP contribution in [0.3, 0.4) is 0 Å². The first-order valence-electron chi connectivity index (χ1n) is 5.63. The van der Waals surface area contributed by atoms with Crippen molar-refractivity contribution in [3.63, 3.8) is 0 Å². The van der Waals surface area contributed by atoms with Crippen molar-refractivity contribution >= 4 is 17.7 Å². The van der Waals surface area contributed by atoms with Gasteiger partial charge in [0.2, 0.25) is 0 Å². The molecule has 0 aliphatic rings. The second-order valence-electron chi connectivity index (χ2n) is 3.46. The van der Waals surface area contributed by atoms with Gasteiger partial charge in [-0.25, -0.2) is 9.59 Å². The van der Waals surface area contributed by atoms with Gasteiger partial charge in [-0.3, -0.25) is 5.32 Å². The standard InChI is InChI=1S/C13H15NO5/c1-3-7-19-13(17)14-11-6-5-9(18-4-2)8-10(11)12(15)16/h3,5-6,8H,1,4,7H2,2H3,(H,14,17)(H,15,16). The summed E-state index contributed by atoms with van der Waals surface area (Å²) in [6.45, 7) is 5.66. The second kappa shape index (κ2) is 7.05. The number of hydrogen-bond donors (Lipinski definition) is 2. The monoisotopic (exact) mass is 265 g/mol. The van der Waals surface area contributed by atoms with Crippen LogP contribution in [0, 0.1) is 0 Å². The molecule has 0 saturated heterocycles. The van der Waals surface area contributed by atoms with Gasteiger partial charge >= 0.3 is 12.1 Å². The molecule has 0 aliphatic carbocycles. The minimum absolute atomic E-state index is 0.0469. The average molecular weight is 265 g/mol. The Balaban J connectivity index is 2.90. The Hall–Kier alpha value is -2.50. The van der Waals surface area contributed by atoms with E-state index in [1.54, 1.807) is 13.0 Å². The minimum atomic E-state index is -1.17. The summed E-state index contributed by atoms with van der Waals surface area (Å²) < 4.78 is 9.92. The normalized spacial score (nSPS) is 9.53. The molecular formula is C13H15NO5. The van der Waals surface area contributed by atoms with E-state index in [9.17, 15) is 9.59 Å². The van der Waals surface area contributed by atoms with Gasteiger partial charge in [0, 0.05) is 0 Å². The average Bonchev–Trinajstić information content (AvgIpc) is 2.38. The molecule has 0 aliphatic heterocycles. The maximum Gasteiger partial charge on any atom is 0.411 e. The largest absolute Gasteiger partial charge is 0.494 e. The third-order valence-electron chi connectivity index (χ3n) is 2.10. The van der Waals surface area contributed by atoms with Crippen LogP contribution in [0.5, 0.6) is 5.75 Å². The highest BCUT2D eigenvalue weighted by Gasteiger charge is 2.14. The lowest BCUT2D eigenvalue weighted by molar-refractivity contribution is 0.0697. The summed E-state index contributed by atoms with van der Waals surface area (Å²) in [4.78, 5) is 22.5. The Kier molecular flexibility index (Phi) is 5.40. The number of anilines is 1. The van der Waals surface area contributed by atoms with E-state index in [-0.39, 0.29) is 17.9 Å². The van der Waals surface area contributed by atoms with Crippen LogP contribution in [0.25, 0.3) is 0 Å². The van der Waals surface area contributed by atoms with E-state index in [0.29, 0.717) is 12.4 Å². The molecule has 6 heteroatoms. The fourth-order valence-corrected chi connectivity index (χ4v) is 1.35. The molecule has 6 nitrogen and oxygen atoms in total. The number of carbonyl (C=O) groups is 2. The van der Waals surface area contributed by atoms with E-state index in [2.05, 4.69) is 11.9 Å². The maximum atomic E-state index is 11.4. The lowest BCUT2D eigenvalue weighted by atomic mass is 10.1. The molecule has 1 rings (SSSR count). The van der Waals surface area contributed by atoms with Crippen molar-refractivity contribution < 1.29 is 24.2 Å². The Bertz CT molecular complexity index is 484. The van der Waals surface area contributed by atoms with Crippen LogP contribution in [0.2, 0.25) is 0 Å². The number of carboxylic acid groups (broad SMARTS) is 1. The molecule has 1 aromatic rings. The van der Waals surface area contributed by atoms with Gasteiger partial charge in [0.1, 0.15) is 12.4 Å². The third-order valence-corrected chi connectivity index (χ3v) is 2.10. The molecule has 19 heavy (non-hydrogen) atoms. The number of nitrogens with one attached hydrogen (secondary N) is 1. The van der Waals surface area contributed by atoms with Crippen LogP contribution >= 0.6 is 0 Å². The fraction of sp³-hybridized carbons (Fsp3) is 0.231. The van der Waals surface area contributed by atoms with Gasteiger partial charge in [-0.15, -0.1) is 0 Å². The topological polar surface area (TPSA) is 84.9 Å².